The van der Waals surface area contributed by atoms with Gasteiger partial charge in [0.15, 0.2) is 0 Å². The Morgan fingerprint density at radius 2 is 0.911 bits per heavy atom. The molecule has 0 bridgehead atoms. The van der Waals surface area contributed by atoms with Crippen LogP contribution in [0.5, 0.6) is 0 Å². The Balaban J connectivity index is 1.06. The molecule has 0 radical (unpaired) electrons. The van der Waals surface area contributed by atoms with Gasteiger partial charge in [-0.25, -0.2) is 9.98 Å². The van der Waals surface area contributed by atoms with E-state index >= 15 is 0 Å². The number of fused-ring (bicyclic) bond motifs is 2. The van der Waals surface area contributed by atoms with Crippen LogP contribution in [0.3, 0.4) is 0 Å². The number of benzene rings is 4. The van der Waals surface area contributed by atoms with Crippen molar-refractivity contribution >= 4 is 56.0 Å². The average molecular weight is 619 g/mol. The van der Waals surface area contributed by atoms with Crippen LogP contribution in [0.2, 0.25) is 0 Å². The van der Waals surface area contributed by atoms with E-state index in [9.17, 15) is 0 Å². The second-order valence-electron chi connectivity index (χ2n) is 10.7. The van der Waals surface area contributed by atoms with Gasteiger partial charge >= 0.3 is 0 Å². The minimum Gasteiger partial charge on any atom is -0.438 e. The standard InChI is InChI=1S/C39H26N2O2S2/c1-3-9-34-28(7-1)24-32(36-11-5-21-44-36)38(42-34)40-30-17-13-26(14-18-30)23-27-15-19-31(20-16-27)41-39-33(37-12-6-22-45-37)25-29-8-2-4-10-35(29)43-39/h1-22,24-25H,23H2. The second kappa shape index (κ2) is 12.0. The number of nitrogens with zero attached hydrogens (tertiary/aromatic N) is 2. The van der Waals surface area contributed by atoms with E-state index in [0.717, 1.165) is 60.6 Å². The van der Waals surface area contributed by atoms with Gasteiger partial charge in [-0.1, -0.05) is 72.8 Å². The number of para-hydroxylation sites is 2. The van der Waals surface area contributed by atoms with Crippen molar-refractivity contribution in [1.82, 2.24) is 0 Å². The van der Waals surface area contributed by atoms with E-state index < -0.39 is 0 Å². The molecule has 0 unspecified atom stereocenters. The molecule has 4 aromatic carbocycles. The number of hydrogen-bond donors (Lipinski definition) is 0. The molecule has 0 aliphatic heterocycles. The zero-order chi connectivity index (χ0) is 30.0. The highest BCUT2D eigenvalue weighted by Crippen LogP contribution is 2.28. The summed E-state index contributed by atoms with van der Waals surface area (Å²) in [5, 5.41) is 6.27. The highest BCUT2D eigenvalue weighted by molar-refractivity contribution is 7.13. The Kier molecular flexibility index (Phi) is 7.27. The summed E-state index contributed by atoms with van der Waals surface area (Å²) in [6, 6.07) is 45.4. The average Bonchev–Trinajstić information content (AvgIpc) is 3.82. The highest BCUT2D eigenvalue weighted by Gasteiger charge is 2.09. The van der Waals surface area contributed by atoms with E-state index in [1.165, 1.54) is 11.1 Å². The third-order valence-corrected chi connectivity index (χ3v) is 9.43. The lowest BCUT2D eigenvalue weighted by Gasteiger charge is -2.05. The predicted molar refractivity (Wildman–Crippen MR) is 185 cm³/mol. The molecule has 0 saturated heterocycles. The Morgan fingerprint density at radius 3 is 1.33 bits per heavy atom. The molecule has 0 atom stereocenters. The quantitative estimate of drug-likeness (QED) is 0.186. The monoisotopic (exact) mass is 618 g/mol. The smallest absolute Gasteiger partial charge is 0.228 e. The fourth-order valence-corrected chi connectivity index (χ4v) is 6.84. The zero-order valence-electron chi connectivity index (χ0n) is 24.1. The molecule has 4 aromatic heterocycles. The van der Waals surface area contributed by atoms with Crippen molar-refractivity contribution in [3.8, 4) is 20.9 Å². The first-order chi connectivity index (χ1) is 22.2. The molecule has 0 amide bonds. The van der Waals surface area contributed by atoms with Crippen LogP contribution in [0.15, 0.2) is 163 Å². The van der Waals surface area contributed by atoms with Gasteiger partial charge in [0.2, 0.25) is 11.1 Å². The second-order valence-corrected chi connectivity index (χ2v) is 12.6. The van der Waals surface area contributed by atoms with E-state index in [2.05, 4.69) is 108 Å². The summed E-state index contributed by atoms with van der Waals surface area (Å²) in [5.41, 5.74) is 8.98. The van der Waals surface area contributed by atoms with Crippen LogP contribution >= 0.6 is 22.7 Å². The summed E-state index contributed by atoms with van der Waals surface area (Å²) in [7, 11) is 0. The molecule has 0 aliphatic rings. The van der Waals surface area contributed by atoms with Crippen LogP contribution < -0.4 is 11.1 Å². The Hall–Kier alpha value is -5.30. The maximum Gasteiger partial charge on any atom is 0.228 e. The van der Waals surface area contributed by atoms with Crippen molar-refractivity contribution in [2.24, 2.45) is 9.98 Å². The van der Waals surface area contributed by atoms with Gasteiger partial charge in [-0.15, -0.1) is 22.7 Å². The summed E-state index contributed by atoms with van der Waals surface area (Å²) in [6.07, 6.45) is 0.808. The third-order valence-electron chi connectivity index (χ3n) is 7.63. The van der Waals surface area contributed by atoms with Crippen molar-refractivity contribution in [3.63, 3.8) is 0 Å². The first kappa shape index (κ1) is 27.3. The molecule has 0 saturated carbocycles. The highest BCUT2D eigenvalue weighted by atomic mass is 32.1. The summed E-state index contributed by atoms with van der Waals surface area (Å²) in [6.45, 7) is 0. The fourth-order valence-electron chi connectivity index (χ4n) is 5.37. The fraction of sp³-hybridized carbons (Fsp3) is 0.0256. The van der Waals surface area contributed by atoms with Gasteiger partial charge in [-0.05, 0) is 89.0 Å². The lowest BCUT2D eigenvalue weighted by atomic mass is 10.0. The van der Waals surface area contributed by atoms with E-state index in [4.69, 9.17) is 18.8 Å². The van der Waals surface area contributed by atoms with Crippen molar-refractivity contribution in [2.45, 2.75) is 6.42 Å². The van der Waals surface area contributed by atoms with Crippen molar-refractivity contribution in [2.75, 3.05) is 0 Å². The minimum absolute atomic E-state index is 0.614. The van der Waals surface area contributed by atoms with Crippen molar-refractivity contribution in [3.05, 3.63) is 166 Å². The van der Waals surface area contributed by atoms with Crippen LogP contribution in [-0.4, -0.2) is 0 Å². The lowest BCUT2D eigenvalue weighted by molar-refractivity contribution is 0.547. The molecule has 216 valence electrons. The van der Waals surface area contributed by atoms with Gasteiger partial charge in [0.25, 0.3) is 0 Å². The van der Waals surface area contributed by atoms with Crippen LogP contribution in [0.25, 0.3) is 42.8 Å². The molecule has 0 N–H and O–H groups in total. The van der Waals surface area contributed by atoms with Crippen molar-refractivity contribution < 1.29 is 8.83 Å². The summed E-state index contributed by atoms with van der Waals surface area (Å²) in [5.74, 6) is 0. The first-order valence-electron chi connectivity index (χ1n) is 14.7. The SMILES string of the molecule is c1csc(-c2cc3ccccc3oc2=Nc2ccc(Cc3ccc(N=c4oc5ccccc5cc4-c4cccs4)cc3)cc2)c1. The molecule has 0 fully saturated rings. The summed E-state index contributed by atoms with van der Waals surface area (Å²) in [4.78, 5) is 12.1. The first-order valence-corrected chi connectivity index (χ1v) is 16.4. The molecule has 0 spiro atoms. The van der Waals surface area contributed by atoms with Crippen molar-refractivity contribution in [1.29, 1.82) is 0 Å². The maximum atomic E-state index is 6.27. The van der Waals surface area contributed by atoms with Crippen LogP contribution in [0.4, 0.5) is 11.4 Å². The molecular formula is C39H26N2O2S2. The molecule has 4 heterocycles. The van der Waals surface area contributed by atoms with E-state index in [1.54, 1.807) is 22.7 Å². The molecule has 0 aliphatic carbocycles. The van der Waals surface area contributed by atoms with E-state index in [0.29, 0.717) is 11.1 Å². The molecule has 8 rings (SSSR count). The molecule has 45 heavy (non-hydrogen) atoms. The molecule has 8 aromatic rings. The molecule has 4 nitrogen and oxygen atoms in total. The van der Waals surface area contributed by atoms with Crippen LogP contribution in [0.1, 0.15) is 11.1 Å². The van der Waals surface area contributed by atoms with Gasteiger partial charge < -0.3 is 8.83 Å². The summed E-state index contributed by atoms with van der Waals surface area (Å²) < 4.78 is 12.5. The Morgan fingerprint density at radius 1 is 0.467 bits per heavy atom. The largest absolute Gasteiger partial charge is 0.438 e. The minimum atomic E-state index is 0.614. The number of hydrogen-bond acceptors (Lipinski definition) is 6. The van der Waals surface area contributed by atoms with Gasteiger partial charge in [-0.2, -0.15) is 0 Å². The third kappa shape index (κ3) is 5.81. The normalized spacial score (nSPS) is 12.4. The number of thiophene rings is 2. The van der Waals surface area contributed by atoms with E-state index in [1.807, 2.05) is 36.4 Å². The van der Waals surface area contributed by atoms with Crippen LogP contribution in [0, 0.1) is 0 Å². The van der Waals surface area contributed by atoms with E-state index in [-0.39, 0.29) is 0 Å². The molecular weight excluding hydrogens is 593 g/mol. The topological polar surface area (TPSA) is 51.0 Å². The lowest BCUT2D eigenvalue weighted by Crippen LogP contribution is -2.04. The van der Waals surface area contributed by atoms with Crippen LogP contribution in [-0.2, 0) is 6.42 Å². The maximum absolute atomic E-state index is 6.27. The van der Waals surface area contributed by atoms with Gasteiger partial charge in [0, 0.05) is 20.5 Å². The van der Waals surface area contributed by atoms with Gasteiger partial charge in [0.1, 0.15) is 11.2 Å². The van der Waals surface area contributed by atoms with Gasteiger partial charge in [-0.3, -0.25) is 0 Å². The number of rotatable bonds is 6. The Bertz CT molecular complexity index is 2210. The Labute approximate surface area is 267 Å². The summed E-state index contributed by atoms with van der Waals surface area (Å²) >= 11 is 3.37. The molecule has 6 heteroatoms. The van der Waals surface area contributed by atoms with Gasteiger partial charge in [0.05, 0.1) is 22.5 Å². The predicted octanol–water partition coefficient (Wildman–Crippen LogP) is 10.7. The zero-order valence-corrected chi connectivity index (χ0v) is 25.7.